The van der Waals surface area contributed by atoms with E-state index in [2.05, 4.69) is 6.07 Å². The van der Waals surface area contributed by atoms with Gasteiger partial charge in [-0.15, -0.1) is 0 Å². The van der Waals surface area contributed by atoms with Crippen LogP contribution in [0.25, 0.3) is 11.0 Å². The second-order valence-corrected chi connectivity index (χ2v) is 9.84. The standard InChI is InChI=1S/C28H30N2O6/c1-28(2,3)36-27(32)30-13-7-8-22(30)21(26(31)35-25-10-6-5-9-24(25)33-4)16-20-15-19-14-18(17-29)11-12-23(19)34-20/h5-6,9-12,14-15,21-22H,7-8,13,16H2,1-4H3/t21?,22-/m0/s1. The number of fused-ring (bicyclic) bond motifs is 1. The minimum absolute atomic E-state index is 0.217. The Bertz CT molecular complexity index is 1300. The van der Waals surface area contributed by atoms with Crippen LogP contribution in [0.1, 0.15) is 44.9 Å². The van der Waals surface area contributed by atoms with Gasteiger partial charge in [0.2, 0.25) is 0 Å². The summed E-state index contributed by atoms with van der Waals surface area (Å²) in [6.45, 7) is 5.93. The number of para-hydroxylation sites is 2. The van der Waals surface area contributed by atoms with Gasteiger partial charge in [0.15, 0.2) is 11.5 Å². The Morgan fingerprint density at radius 2 is 1.92 bits per heavy atom. The van der Waals surface area contributed by atoms with Crippen molar-refractivity contribution in [1.82, 2.24) is 4.90 Å². The van der Waals surface area contributed by atoms with Crippen LogP contribution >= 0.6 is 0 Å². The van der Waals surface area contributed by atoms with E-state index in [1.165, 1.54) is 7.11 Å². The van der Waals surface area contributed by atoms with E-state index < -0.39 is 29.6 Å². The number of hydrogen-bond donors (Lipinski definition) is 0. The lowest BCUT2D eigenvalue weighted by Gasteiger charge is -2.32. The summed E-state index contributed by atoms with van der Waals surface area (Å²) >= 11 is 0. The van der Waals surface area contributed by atoms with Crippen molar-refractivity contribution < 1.29 is 28.2 Å². The molecule has 8 nitrogen and oxygen atoms in total. The van der Waals surface area contributed by atoms with Crippen LogP contribution in [0.2, 0.25) is 0 Å². The van der Waals surface area contributed by atoms with Gasteiger partial charge in [0, 0.05) is 24.4 Å². The molecule has 1 amide bonds. The molecule has 8 heteroatoms. The molecule has 1 saturated heterocycles. The molecule has 0 saturated carbocycles. The van der Waals surface area contributed by atoms with Crippen LogP contribution in [0.4, 0.5) is 4.79 Å². The number of carbonyl (C=O) groups excluding carboxylic acids is 2. The average Bonchev–Trinajstić information content (AvgIpc) is 3.48. The van der Waals surface area contributed by atoms with E-state index in [4.69, 9.17) is 18.6 Å². The van der Waals surface area contributed by atoms with E-state index in [-0.39, 0.29) is 6.42 Å². The highest BCUT2D eigenvalue weighted by Crippen LogP contribution is 2.33. The third kappa shape index (κ3) is 5.62. The number of amides is 1. The van der Waals surface area contributed by atoms with Gasteiger partial charge in [-0.1, -0.05) is 12.1 Å². The quantitative estimate of drug-likeness (QED) is 0.333. The Balaban J connectivity index is 1.66. The lowest BCUT2D eigenvalue weighted by Crippen LogP contribution is -2.46. The van der Waals surface area contributed by atoms with Gasteiger partial charge >= 0.3 is 12.1 Å². The third-order valence-electron chi connectivity index (χ3n) is 6.09. The van der Waals surface area contributed by atoms with Crippen molar-refractivity contribution in [2.75, 3.05) is 13.7 Å². The molecule has 1 aliphatic rings. The fourth-order valence-electron chi connectivity index (χ4n) is 4.51. The first-order valence-electron chi connectivity index (χ1n) is 12.0. The first-order valence-corrected chi connectivity index (χ1v) is 12.0. The van der Waals surface area contributed by atoms with Gasteiger partial charge < -0.3 is 23.5 Å². The van der Waals surface area contributed by atoms with Gasteiger partial charge in [-0.05, 0) is 70.0 Å². The summed E-state index contributed by atoms with van der Waals surface area (Å²) in [5, 5.41) is 9.98. The van der Waals surface area contributed by atoms with Crippen LogP contribution in [-0.4, -0.2) is 42.3 Å². The second-order valence-electron chi connectivity index (χ2n) is 9.84. The highest BCUT2D eigenvalue weighted by atomic mass is 16.6. The van der Waals surface area contributed by atoms with Crippen LogP contribution in [0.3, 0.4) is 0 Å². The zero-order valence-corrected chi connectivity index (χ0v) is 20.9. The molecule has 2 aromatic carbocycles. The van der Waals surface area contributed by atoms with Crippen molar-refractivity contribution in [3.05, 3.63) is 59.9 Å². The van der Waals surface area contributed by atoms with E-state index in [0.717, 1.165) is 11.8 Å². The van der Waals surface area contributed by atoms with Gasteiger partial charge in [-0.25, -0.2) is 4.79 Å². The van der Waals surface area contributed by atoms with Crippen LogP contribution < -0.4 is 9.47 Å². The van der Waals surface area contributed by atoms with Crippen molar-refractivity contribution in [1.29, 1.82) is 5.26 Å². The molecule has 0 bridgehead atoms. The van der Waals surface area contributed by atoms with Crippen molar-refractivity contribution >= 4 is 23.0 Å². The predicted molar refractivity (Wildman–Crippen MR) is 133 cm³/mol. The Morgan fingerprint density at radius 1 is 1.17 bits per heavy atom. The molecular formula is C28H30N2O6. The maximum Gasteiger partial charge on any atom is 0.410 e. The van der Waals surface area contributed by atoms with Crippen LogP contribution in [-0.2, 0) is 16.0 Å². The lowest BCUT2D eigenvalue weighted by atomic mass is 9.93. The number of furan rings is 1. The van der Waals surface area contributed by atoms with Gasteiger partial charge in [0.05, 0.1) is 24.7 Å². The van der Waals surface area contributed by atoms with Crippen LogP contribution in [0, 0.1) is 17.2 Å². The SMILES string of the molecule is COc1ccccc1OC(=O)C(Cc1cc2cc(C#N)ccc2o1)[C@@H]1CCCN1C(=O)OC(C)(C)C. The molecule has 0 spiro atoms. The van der Waals surface area contributed by atoms with E-state index in [9.17, 15) is 14.9 Å². The summed E-state index contributed by atoms with van der Waals surface area (Å²) in [6.07, 6.45) is 1.13. The van der Waals surface area contributed by atoms with Crippen molar-refractivity contribution in [3.8, 4) is 17.6 Å². The number of nitriles is 1. The molecule has 1 aromatic heterocycles. The predicted octanol–water partition coefficient (Wildman–Crippen LogP) is 5.48. The number of ether oxygens (including phenoxy) is 3. The lowest BCUT2D eigenvalue weighted by molar-refractivity contribution is -0.141. The molecule has 0 N–H and O–H groups in total. The van der Waals surface area contributed by atoms with Crippen LogP contribution in [0.5, 0.6) is 11.5 Å². The molecule has 36 heavy (non-hydrogen) atoms. The highest BCUT2D eigenvalue weighted by Gasteiger charge is 2.42. The number of likely N-dealkylation sites (tertiary alicyclic amines) is 1. The highest BCUT2D eigenvalue weighted by molar-refractivity contribution is 5.81. The molecule has 188 valence electrons. The number of esters is 1. The van der Waals surface area contributed by atoms with Crippen molar-refractivity contribution in [2.24, 2.45) is 5.92 Å². The molecule has 2 atom stereocenters. The maximum absolute atomic E-state index is 13.6. The summed E-state index contributed by atoms with van der Waals surface area (Å²) in [7, 11) is 1.51. The molecule has 3 aromatic rings. The zero-order chi connectivity index (χ0) is 25.9. The topological polar surface area (TPSA) is 102 Å². The monoisotopic (exact) mass is 490 g/mol. The first-order chi connectivity index (χ1) is 17.2. The summed E-state index contributed by atoms with van der Waals surface area (Å²) in [5.41, 5.74) is 0.486. The van der Waals surface area contributed by atoms with Crippen molar-refractivity contribution in [3.63, 3.8) is 0 Å². The molecular weight excluding hydrogens is 460 g/mol. The van der Waals surface area contributed by atoms with Gasteiger partial charge in [-0.2, -0.15) is 5.26 Å². The molecule has 4 rings (SSSR count). The minimum Gasteiger partial charge on any atom is -0.493 e. The van der Waals surface area contributed by atoms with Crippen LogP contribution in [0.15, 0.2) is 52.9 Å². The third-order valence-corrected chi connectivity index (χ3v) is 6.09. The zero-order valence-electron chi connectivity index (χ0n) is 20.9. The van der Waals surface area contributed by atoms with E-state index in [1.54, 1.807) is 47.4 Å². The number of carbonyl (C=O) groups is 2. The molecule has 0 radical (unpaired) electrons. The number of rotatable bonds is 6. The van der Waals surface area contributed by atoms with Crippen molar-refractivity contribution in [2.45, 2.75) is 51.7 Å². The maximum atomic E-state index is 13.6. The summed E-state index contributed by atoms with van der Waals surface area (Å²) in [4.78, 5) is 28.2. The number of methoxy groups -OCH3 is 1. The fourth-order valence-corrected chi connectivity index (χ4v) is 4.51. The normalized spacial score (nSPS) is 16.4. The molecule has 0 aliphatic carbocycles. The van der Waals surface area contributed by atoms with Gasteiger partial charge in [0.25, 0.3) is 0 Å². The molecule has 1 unspecified atom stereocenters. The Kier molecular flexibility index (Phi) is 7.20. The summed E-state index contributed by atoms with van der Waals surface area (Å²) in [6, 6.07) is 15.6. The fraction of sp³-hybridized carbons (Fsp3) is 0.393. The number of benzene rings is 2. The average molecular weight is 491 g/mol. The summed E-state index contributed by atoms with van der Waals surface area (Å²) < 4.78 is 22.8. The Hall–Kier alpha value is -3.99. The molecule has 1 fully saturated rings. The molecule has 1 aliphatic heterocycles. The Morgan fingerprint density at radius 3 is 2.61 bits per heavy atom. The van der Waals surface area contributed by atoms with E-state index in [1.807, 2.05) is 26.8 Å². The molecule has 2 heterocycles. The number of nitrogens with zero attached hydrogens (tertiary/aromatic N) is 2. The van der Waals surface area contributed by atoms with Gasteiger partial charge in [0.1, 0.15) is 16.9 Å². The smallest absolute Gasteiger partial charge is 0.410 e. The minimum atomic E-state index is -0.707. The second kappa shape index (κ2) is 10.3. The Labute approximate surface area is 210 Å². The van der Waals surface area contributed by atoms with E-state index >= 15 is 0 Å². The van der Waals surface area contributed by atoms with Gasteiger partial charge in [-0.3, -0.25) is 4.79 Å². The first kappa shape index (κ1) is 25.1. The number of hydrogen-bond acceptors (Lipinski definition) is 7. The van der Waals surface area contributed by atoms with E-state index in [0.29, 0.717) is 41.4 Å². The summed E-state index contributed by atoms with van der Waals surface area (Å²) in [5.74, 6) is 0.116. The largest absolute Gasteiger partial charge is 0.493 e.